The Balaban J connectivity index is 2.26. The molecule has 3 heteroatoms. The van der Waals surface area contributed by atoms with Crippen molar-refractivity contribution in [3.05, 3.63) is 35.9 Å². The van der Waals surface area contributed by atoms with Gasteiger partial charge in [0, 0.05) is 5.92 Å². The van der Waals surface area contributed by atoms with Crippen LogP contribution in [0.4, 0.5) is 0 Å². The number of hydrogen-bond acceptors (Lipinski definition) is 2. The molecular weight excluding hydrogens is 196 g/mol. The van der Waals surface area contributed by atoms with Crippen molar-refractivity contribution in [1.82, 2.24) is 0 Å². The van der Waals surface area contributed by atoms with Gasteiger partial charge in [-0.2, -0.15) is 0 Å². The highest BCUT2D eigenvalue weighted by molar-refractivity contribution is 7.96. The van der Waals surface area contributed by atoms with Crippen molar-refractivity contribution in [1.29, 1.82) is 0 Å². The molecule has 0 saturated carbocycles. The molecule has 0 spiro atoms. The Morgan fingerprint density at radius 2 is 2.07 bits per heavy atom. The van der Waals surface area contributed by atoms with Gasteiger partial charge in [-0.25, -0.2) is 0 Å². The predicted molar refractivity (Wildman–Crippen MR) is 59.3 cm³/mol. The number of rotatable bonds is 5. The first-order valence-electron chi connectivity index (χ1n) is 4.54. The van der Waals surface area contributed by atoms with Crippen LogP contribution in [0.1, 0.15) is 12.5 Å². The minimum atomic E-state index is -0.137. The van der Waals surface area contributed by atoms with Crippen LogP contribution >= 0.6 is 12.6 Å². The van der Waals surface area contributed by atoms with Crippen LogP contribution in [0.25, 0.3) is 0 Å². The fourth-order valence-corrected chi connectivity index (χ4v) is 1.07. The monoisotopic (exact) mass is 210 g/mol. The zero-order chi connectivity index (χ0) is 10.4. The average molecular weight is 210 g/mol. The Kier molecular flexibility index (Phi) is 4.70. The first kappa shape index (κ1) is 11.3. The predicted octanol–water partition coefficient (Wildman–Crippen LogP) is 2.30. The summed E-state index contributed by atoms with van der Waals surface area (Å²) in [4.78, 5) is 10.8. The number of hydrogen-bond donors (Lipinski definition) is 1. The molecule has 76 valence electrons. The summed E-state index contributed by atoms with van der Waals surface area (Å²) in [6.45, 7) is 2.78. The lowest BCUT2D eigenvalue weighted by molar-refractivity contribution is -0.115. The normalized spacial score (nSPS) is 12.4. The molecule has 0 N–H and O–H groups in total. The Labute approximate surface area is 89.7 Å². The molecule has 1 aromatic carbocycles. The van der Waals surface area contributed by atoms with Crippen molar-refractivity contribution >= 4 is 17.7 Å². The van der Waals surface area contributed by atoms with E-state index in [9.17, 15) is 4.79 Å². The van der Waals surface area contributed by atoms with Gasteiger partial charge in [-0.1, -0.05) is 37.3 Å². The van der Waals surface area contributed by atoms with E-state index in [0.717, 1.165) is 5.56 Å². The molecule has 0 bridgehead atoms. The fraction of sp³-hybridized carbons (Fsp3) is 0.364. The number of benzene rings is 1. The van der Waals surface area contributed by atoms with Crippen LogP contribution in [0.2, 0.25) is 0 Å². The van der Waals surface area contributed by atoms with Gasteiger partial charge in [0.1, 0.15) is 0 Å². The first-order valence-corrected chi connectivity index (χ1v) is 4.99. The van der Waals surface area contributed by atoms with Crippen LogP contribution in [-0.2, 0) is 16.1 Å². The zero-order valence-electron chi connectivity index (χ0n) is 8.14. The maximum atomic E-state index is 10.8. The van der Waals surface area contributed by atoms with Gasteiger partial charge >= 0.3 is 0 Å². The number of carbonyl (C=O) groups is 1. The van der Waals surface area contributed by atoms with Crippen LogP contribution in [-0.4, -0.2) is 11.7 Å². The maximum absolute atomic E-state index is 10.8. The van der Waals surface area contributed by atoms with E-state index in [1.165, 1.54) is 0 Å². The van der Waals surface area contributed by atoms with Crippen molar-refractivity contribution in [2.24, 2.45) is 5.92 Å². The molecule has 1 unspecified atom stereocenters. The van der Waals surface area contributed by atoms with Crippen LogP contribution in [0.5, 0.6) is 0 Å². The minimum absolute atomic E-state index is 0.127. The molecule has 0 aliphatic carbocycles. The average Bonchev–Trinajstić information content (AvgIpc) is 2.19. The molecule has 0 aliphatic heterocycles. The van der Waals surface area contributed by atoms with E-state index in [4.69, 9.17) is 4.74 Å². The quantitative estimate of drug-likeness (QED) is 0.755. The third-order valence-electron chi connectivity index (χ3n) is 1.90. The molecular formula is C11H14O2S. The molecule has 0 aromatic heterocycles. The van der Waals surface area contributed by atoms with Gasteiger partial charge in [0.05, 0.1) is 13.2 Å². The molecule has 1 rings (SSSR count). The third kappa shape index (κ3) is 3.94. The second kappa shape index (κ2) is 5.83. The van der Waals surface area contributed by atoms with Crippen molar-refractivity contribution in [3.8, 4) is 0 Å². The van der Waals surface area contributed by atoms with E-state index in [1.807, 2.05) is 30.3 Å². The van der Waals surface area contributed by atoms with Crippen molar-refractivity contribution in [2.45, 2.75) is 13.5 Å². The summed E-state index contributed by atoms with van der Waals surface area (Å²) in [7, 11) is 0. The topological polar surface area (TPSA) is 26.3 Å². The van der Waals surface area contributed by atoms with Gasteiger partial charge in [0.2, 0.25) is 0 Å². The van der Waals surface area contributed by atoms with Crippen LogP contribution in [0.15, 0.2) is 30.3 Å². The summed E-state index contributed by atoms with van der Waals surface area (Å²) in [5.41, 5.74) is 1.12. The minimum Gasteiger partial charge on any atom is -0.376 e. The Morgan fingerprint density at radius 1 is 1.43 bits per heavy atom. The summed E-state index contributed by atoms with van der Waals surface area (Å²) < 4.78 is 5.37. The number of carbonyl (C=O) groups excluding carboxylic acids is 1. The third-order valence-corrected chi connectivity index (χ3v) is 2.34. The van der Waals surface area contributed by atoms with Gasteiger partial charge in [-0.15, -0.1) is 12.6 Å². The number of thiol groups is 1. The maximum Gasteiger partial charge on any atom is 0.191 e. The van der Waals surface area contributed by atoms with E-state index in [2.05, 4.69) is 12.6 Å². The van der Waals surface area contributed by atoms with E-state index >= 15 is 0 Å². The largest absolute Gasteiger partial charge is 0.376 e. The number of ether oxygens (including phenoxy) is 1. The van der Waals surface area contributed by atoms with Crippen molar-refractivity contribution in [2.75, 3.05) is 6.61 Å². The van der Waals surface area contributed by atoms with Crippen molar-refractivity contribution < 1.29 is 9.53 Å². The summed E-state index contributed by atoms with van der Waals surface area (Å²) >= 11 is 3.73. The second-order valence-electron chi connectivity index (χ2n) is 3.24. The smallest absolute Gasteiger partial charge is 0.191 e. The Morgan fingerprint density at radius 3 is 2.64 bits per heavy atom. The molecule has 0 aliphatic rings. The molecule has 1 atom stereocenters. The van der Waals surface area contributed by atoms with Crippen LogP contribution < -0.4 is 0 Å². The lowest BCUT2D eigenvalue weighted by Crippen LogP contribution is -2.12. The molecule has 0 amide bonds. The summed E-state index contributed by atoms with van der Waals surface area (Å²) in [5.74, 6) is -0.137. The van der Waals surface area contributed by atoms with Crippen LogP contribution in [0.3, 0.4) is 0 Å². The van der Waals surface area contributed by atoms with E-state index in [-0.39, 0.29) is 11.0 Å². The summed E-state index contributed by atoms with van der Waals surface area (Å²) in [5, 5.41) is -0.127. The highest BCUT2D eigenvalue weighted by Gasteiger charge is 2.07. The fourth-order valence-electron chi connectivity index (χ4n) is 0.999. The SMILES string of the molecule is CC(COCc1ccccc1)C(=O)S. The summed E-state index contributed by atoms with van der Waals surface area (Å²) in [6.07, 6.45) is 0. The van der Waals surface area contributed by atoms with E-state index < -0.39 is 0 Å². The lowest BCUT2D eigenvalue weighted by Gasteiger charge is -2.07. The van der Waals surface area contributed by atoms with Crippen LogP contribution in [0, 0.1) is 5.92 Å². The second-order valence-corrected chi connectivity index (χ2v) is 3.68. The standard InChI is InChI=1S/C11H14O2S/c1-9(11(12)14)7-13-8-10-5-3-2-4-6-10/h2-6,9H,7-8H2,1H3,(H,12,14). The highest BCUT2D eigenvalue weighted by atomic mass is 32.1. The van der Waals surface area contributed by atoms with Crippen molar-refractivity contribution in [3.63, 3.8) is 0 Å². The Hall–Kier alpha value is -0.800. The zero-order valence-corrected chi connectivity index (χ0v) is 9.04. The van der Waals surface area contributed by atoms with E-state index in [1.54, 1.807) is 6.92 Å². The van der Waals surface area contributed by atoms with Gasteiger partial charge in [0.25, 0.3) is 0 Å². The van der Waals surface area contributed by atoms with Gasteiger partial charge in [-0.05, 0) is 5.56 Å². The molecule has 0 heterocycles. The Bertz CT molecular complexity index is 285. The highest BCUT2D eigenvalue weighted by Crippen LogP contribution is 2.05. The van der Waals surface area contributed by atoms with Gasteiger partial charge in [0.15, 0.2) is 5.12 Å². The molecule has 0 saturated heterocycles. The first-order chi connectivity index (χ1) is 6.70. The van der Waals surface area contributed by atoms with Gasteiger partial charge in [-0.3, -0.25) is 4.79 Å². The molecule has 1 aromatic rings. The molecule has 0 radical (unpaired) electrons. The summed E-state index contributed by atoms with van der Waals surface area (Å²) in [6, 6.07) is 9.88. The molecule has 14 heavy (non-hydrogen) atoms. The lowest BCUT2D eigenvalue weighted by atomic mass is 10.2. The molecule has 2 nitrogen and oxygen atoms in total. The molecule has 0 fully saturated rings. The van der Waals surface area contributed by atoms with E-state index in [0.29, 0.717) is 13.2 Å². The van der Waals surface area contributed by atoms with Gasteiger partial charge < -0.3 is 4.74 Å².